The third-order valence-electron chi connectivity index (χ3n) is 4.20. The van der Waals surface area contributed by atoms with E-state index in [0.29, 0.717) is 18.2 Å². The van der Waals surface area contributed by atoms with E-state index in [1.807, 2.05) is 18.2 Å². The van der Waals surface area contributed by atoms with Crippen LogP contribution in [0.5, 0.6) is 5.75 Å². The van der Waals surface area contributed by atoms with Gasteiger partial charge < -0.3 is 9.94 Å². The Morgan fingerprint density at radius 1 is 1.17 bits per heavy atom. The van der Waals surface area contributed by atoms with Crippen molar-refractivity contribution in [2.24, 2.45) is 5.41 Å². The summed E-state index contributed by atoms with van der Waals surface area (Å²) in [5, 5.41) is 12.3. The number of rotatable bonds is 2. The molecule has 1 aromatic carbocycles. The lowest BCUT2D eigenvalue weighted by Crippen LogP contribution is -2.30. The quantitative estimate of drug-likeness (QED) is 0.613. The molecule has 0 atom stereocenters. The minimum absolute atomic E-state index is 0.144. The Labute approximate surface area is 137 Å². The summed E-state index contributed by atoms with van der Waals surface area (Å²) in [6, 6.07) is 11.8. The zero-order chi connectivity index (χ0) is 16.6. The maximum Gasteiger partial charge on any atom is 0.224 e. The number of pyridine rings is 1. The van der Waals surface area contributed by atoms with E-state index in [9.17, 15) is 5.21 Å². The van der Waals surface area contributed by atoms with E-state index in [2.05, 4.69) is 45.9 Å². The normalized spacial score (nSPS) is 16.3. The van der Waals surface area contributed by atoms with Gasteiger partial charge in [0, 0.05) is 23.1 Å². The Hall–Kier alpha value is -2.29. The highest BCUT2D eigenvalue weighted by Gasteiger charge is 2.28. The van der Waals surface area contributed by atoms with Gasteiger partial charge in [-0.3, -0.25) is 0 Å². The molecule has 0 N–H and O–H groups in total. The molecule has 2 heterocycles. The zero-order valence-corrected chi connectivity index (χ0v) is 14.2. The Morgan fingerprint density at radius 2 is 1.96 bits per heavy atom. The lowest BCUT2D eigenvalue weighted by molar-refractivity contribution is -0.607. The molecule has 0 aliphatic carbocycles. The van der Waals surface area contributed by atoms with Crippen LogP contribution >= 0.6 is 0 Å². The molecular weight excluding hydrogens is 286 g/mol. The molecule has 3 heteroatoms. The second-order valence-corrected chi connectivity index (χ2v) is 7.16. The Morgan fingerprint density at radius 3 is 2.65 bits per heavy atom. The number of hydrogen-bond acceptors (Lipinski definition) is 2. The van der Waals surface area contributed by atoms with E-state index in [0.717, 1.165) is 21.6 Å². The maximum absolute atomic E-state index is 12.3. The number of hydrogen-bond donors (Lipinski definition) is 0. The fourth-order valence-electron chi connectivity index (χ4n) is 2.87. The topological polar surface area (TPSA) is 36.2 Å². The Kier molecular flexibility index (Phi) is 3.88. The van der Waals surface area contributed by atoms with Gasteiger partial charge in [0.15, 0.2) is 6.20 Å². The fraction of sp³-hybridized carbons (Fsp3) is 0.350. The van der Waals surface area contributed by atoms with Gasteiger partial charge in [-0.25, -0.2) is 0 Å². The maximum atomic E-state index is 12.3. The van der Waals surface area contributed by atoms with Gasteiger partial charge in [-0.05, 0) is 29.7 Å². The summed E-state index contributed by atoms with van der Waals surface area (Å²) >= 11 is 0. The average Bonchev–Trinajstić information content (AvgIpc) is 2.64. The third kappa shape index (κ3) is 3.09. The molecule has 3 rings (SSSR count). The molecular formula is C20H23NO2. The fourth-order valence-corrected chi connectivity index (χ4v) is 2.87. The lowest BCUT2D eigenvalue weighted by Gasteiger charge is -2.18. The highest BCUT2D eigenvalue weighted by molar-refractivity contribution is 5.81. The van der Waals surface area contributed by atoms with Gasteiger partial charge in [0.1, 0.15) is 5.75 Å². The van der Waals surface area contributed by atoms with Crippen molar-refractivity contribution in [3.8, 4) is 5.75 Å². The van der Waals surface area contributed by atoms with Crippen LogP contribution in [0.2, 0.25) is 0 Å². The molecule has 23 heavy (non-hydrogen) atoms. The Bertz CT molecular complexity index is 760. The van der Waals surface area contributed by atoms with E-state index >= 15 is 0 Å². The highest BCUT2D eigenvalue weighted by Crippen LogP contribution is 2.38. The van der Waals surface area contributed by atoms with Crippen LogP contribution in [0.3, 0.4) is 0 Å². The molecule has 3 nitrogen and oxygen atoms in total. The molecule has 1 aliphatic rings. The van der Waals surface area contributed by atoms with Crippen molar-refractivity contribution >= 4 is 5.57 Å². The standard InChI is InChI=1S/C20H23NO2/c1-14(2)15-8-9-19-16(11-15)17(12-20(3,4)13-23-19)18-7-5-6-10-21(18)22/h5-12,14H,13H2,1-4H3. The minimum Gasteiger partial charge on any atom is -0.618 e. The van der Waals surface area contributed by atoms with Gasteiger partial charge in [0.05, 0.1) is 12.2 Å². The van der Waals surface area contributed by atoms with Crippen LogP contribution in [-0.4, -0.2) is 6.61 Å². The van der Waals surface area contributed by atoms with Crippen LogP contribution in [0.1, 0.15) is 50.4 Å². The number of ether oxygens (including phenoxy) is 1. The van der Waals surface area contributed by atoms with Crippen molar-refractivity contribution in [2.45, 2.75) is 33.6 Å². The smallest absolute Gasteiger partial charge is 0.224 e. The van der Waals surface area contributed by atoms with Crippen LogP contribution in [-0.2, 0) is 0 Å². The van der Waals surface area contributed by atoms with Gasteiger partial charge in [-0.2, -0.15) is 4.73 Å². The van der Waals surface area contributed by atoms with Crippen LogP contribution in [0.4, 0.5) is 0 Å². The monoisotopic (exact) mass is 309 g/mol. The molecule has 120 valence electrons. The van der Waals surface area contributed by atoms with Gasteiger partial charge in [-0.15, -0.1) is 0 Å². The first-order valence-electron chi connectivity index (χ1n) is 8.06. The summed E-state index contributed by atoms with van der Waals surface area (Å²) in [5.74, 6) is 1.27. The van der Waals surface area contributed by atoms with E-state index in [1.165, 1.54) is 5.56 Å². The summed E-state index contributed by atoms with van der Waals surface area (Å²) in [6.07, 6.45) is 3.70. The predicted octanol–water partition coefficient (Wildman–Crippen LogP) is 4.29. The largest absolute Gasteiger partial charge is 0.618 e. The average molecular weight is 309 g/mol. The van der Waals surface area contributed by atoms with Gasteiger partial charge in [0.2, 0.25) is 5.69 Å². The van der Waals surface area contributed by atoms with Gasteiger partial charge >= 0.3 is 0 Å². The molecule has 0 saturated heterocycles. The molecule has 0 saturated carbocycles. The lowest BCUT2D eigenvalue weighted by atomic mass is 9.88. The summed E-state index contributed by atoms with van der Waals surface area (Å²) in [5.41, 5.74) is 3.70. The molecule has 0 amide bonds. The van der Waals surface area contributed by atoms with Crippen LogP contribution < -0.4 is 9.47 Å². The number of aromatic nitrogens is 1. The summed E-state index contributed by atoms with van der Waals surface area (Å²) in [7, 11) is 0. The van der Waals surface area contributed by atoms with Crippen LogP contribution in [0.25, 0.3) is 5.57 Å². The highest BCUT2D eigenvalue weighted by atomic mass is 16.5. The second kappa shape index (κ2) is 5.73. The molecule has 0 fully saturated rings. The van der Waals surface area contributed by atoms with E-state index in [1.54, 1.807) is 12.3 Å². The van der Waals surface area contributed by atoms with E-state index < -0.39 is 0 Å². The number of nitrogens with zero attached hydrogens (tertiary/aromatic N) is 1. The van der Waals surface area contributed by atoms with Crippen molar-refractivity contribution in [1.82, 2.24) is 0 Å². The van der Waals surface area contributed by atoms with Crippen molar-refractivity contribution in [3.05, 3.63) is 70.7 Å². The molecule has 1 aromatic heterocycles. The third-order valence-corrected chi connectivity index (χ3v) is 4.20. The van der Waals surface area contributed by atoms with Crippen molar-refractivity contribution in [1.29, 1.82) is 0 Å². The predicted molar refractivity (Wildman–Crippen MR) is 92.3 cm³/mol. The first-order chi connectivity index (χ1) is 10.9. The van der Waals surface area contributed by atoms with Crippen molar-refractivity contribution in [3.63, 3.8) is 0 Å². The summed E-state index contributed by atoms with van der Waals surface area (Å²) < 4.78 is 6.96. The zero-order valence-electron chi connectivity index (χ0n) is 14.2. The second-order valence-electron chi connectivity index (χ2n) is 7.16. The minimum atomic E-state index is -0.144. The summed E-state index contributed by atoms with van der Waals surface area (Å²) in [4.78, 5) is 0. The van der Waals surface area contributed by atoms with Crippen LogP contribution in [0, 0.1) is 10.6 Å². The molecule has 0 bridgehead atoms. The molecule has 0 spiro atoms. The molecule has 0 radical (unpaired) electrons. The van der Waals surface area contributed by atoms with Gasteiger partial charge in [-0.1, -0.05) is 39.8 Å². The van der Waals surface area contributed by atoms with E-state index in [-0.39, 0.29) is 5.41 Å². The number of benzene rings is 1. The molecule has 0 unspecified atom stereocenters. The van der Waals surface area contributed by atoms with E-state index in [4.69, 9.17) is 4.74 Å². The van der Waals surface area contributed by atoms with Gasteiger partial charge in [0.25, 0.3) is 0 Å². The number of fused-ring (bicyclic) bond motifs is 1. The summed E-state index contributed by atoms with van der Waals surface area (Å²) in [6.45, 7) is 9.18. The SMILES string of the molecule is CC(C)c1ccc2c(c1)C(c1cccc[n+]1[O-])=CC(C)(C)CO2. The van der Waals surface area contributed by atoms with Crippen molar-refractivity contribution < 1.29 is 9.47 Å². The van der Waals surface area contributed by atoms with Crippen molar-refractivity contribution in [2.75, 3.05) is 6.61 Å². The Balaban J connectivity index is 2.25. The molecule has 2 aromatic rings. The van der Waals surface area contributed by atoms with Crippen LogP contribution in [0.15, 0.2) is 48.7 Å². The molecule has 1 aliphatic heterocycles. The first kappa shape index (κ1) is 15.6. The first-order valence-corrected chi connectivity index (χ1v) is 8.06.